The number of rotatable bonds is 0. The van der Waals surface area contributed by atoms with Gasteiger partial charge in [-0.2, -0.15) is 0 Å². The van der Waals surface area contributed by atoms with Crippen molar-refractivity contribution >= 4 is 113 Å². The first-order valence-electron chi connectivity index (χ1n) is 1.08. The van der Waals surface area contributed by atoms with Gasteiger partial charge in [-0.1, -0.05) is 0 Å². The van der Waals surface area contributed by atoms with Crippen LogP contribution in [0.1, 0.15) is 0 Å². The average molecular weight is 895 g/mol. The standard InChI is InChI=1S/CH2O3.4Pb.6H/c2-1(3)4;;;;;;;;;;/h(H2,2,3,4);;;;;;;;;;/q;;;2*+1;;;;;;/p-2. The zero-order valence-corrected chi connectivity index (χ0v) is 24.3. The van der Waals surface area contributed by atoms with E-state index in [0.717, 1.165) is 0 Å². The Kier molecular flexibility index (Phi) is 27.1. The molecule has 0 aliphatic rings. The number of hydrogen-bond donors (Lipinski definition) is 0. The van der Waals surface area contributed by atoms with Crippen molar-refractivity contribution < 1.29 is 10.2 Å². The summed E-state index contributed by atoms with van der Waals surface area (Å²) >= 11 is 0.530. The Morgan fingerprint density at radius 3 is 1.38 bits per heavy atom. The summed E-state index contributed by atoms with van der Waals surface area (Å²) in [6, 6.07) is 0. The maximum atomic E-state index is 9.82. The summed E-state index contributed by atoms with van der Waals surface area (Å²) in [5.41, 5.74) is 0. The molecule has 0 rings (SSSR count). The minimum atomic E-state index is -0.509. The number of hydrogen-bond acceptors (Lipinski definition) is 3. The molecule has 0 unspecified atom stereocenters. The fourth-order valence-corrected chi connectivity index (χ4v) is 2.14. The van der Waals surface area contributed by atoms with Gasteiger partial charge in [-0.15, -0.1) is 0 Å². The van der Waals surface area contributed by atoms with Crippen LogP contribution in [0.15, 0.2) is 0 Å². The van der Waals surface area contributed by atoms with E-state index in [9.17, 15) is 4.79 Å². The van der Waals surface area contributed by atoms with Gasteiger partial charge >= 0.3 is 123 Å². The second kappa shape index (κ2) is 12.6. The quantitative estimate of drug-likeness (QED) is 0.243. The van der Waals surface area contributed by atoms with Gasteiger partial charge < -0.3 is 0 Å². The molecular weight excluding hydrogens is 889 g/mol. The van der Waals surface area contributed by atoms with Crippen molar-refractivity contribution in [3.63, 3.8) is 0 Å². The van der Waals surface area contributed by atoms with Crippen molar-refractivity contribution in [3.8, 4) is 0 Å². The number of carbonyl (C=O) groups excluding carboxylic acids is 1. The van der Waals surface area contributed by atoms with E-state index < -0.39 is 6.16 Å². The molecule has 0 fully saturated rings. The molecule has 0 saturated heterocycles. The minimum absolute atomic E-state index is 0. The van der Waals surface area contributed by atoms with Gasteiger partial charge in [-0.3, -0.25) is 0 Å². The fraction of sp³-hybridized carbons (Fsp3) is 0. The summed E-state index contributed by atoms with van der Waals surface area (Å²) in [7, 11) is 0. The van der Waals surface area contributed by atoms with Crippen LogP contribution in [0.4, 0.5) is 4.79 Å². The van der Waals surface area contributed by atoms with Gasteiger partial charge in [0, 0.05) is 0 Å². The molecule has 0 amide bonds. The zero-order valence-electron chi connectivity index (χ0n) is 4.29. The van der Waals surface area contributed by atoms with E-state index in [1.165, 1.54) is 0 Å². The van der Waals surface area contributed by atoms with Crippen LogP contribution in [0.3, 0.4) is 0 Å². The summed E-state index contributed by atoms with van der Waals surface area (Å²) < 4.78 is 8.49. The van der Waals surface area contributed by atoms with Gasteiger partial charge in [0.1, 0.15) is 0 Å². The van der Waals surface area contributed by atoms with Gasteiger partial charge in [0.25, 0.3) is 0 Å². The third kappa shape index (κ3) is 11.7. The molecule has 0 aromatic rings. The first-order valence-corrected chi connectivity index (χ1v) is 4.75. The molecule has 7 heteroatoms. The van der Waals surface area contributed by atoms with Gasteiger partial charge in [0.2, 0.25) is 0 Å². The molecule has 0 spiro atoms. The molecular formula is CH6O3Pb4. The Morgan fingerprint density at radius 1 is 1.12 bits per heavy atom. The van der Waals surface area contributed by atoms with E-state index in [1.807, 2.05) is 0 Å². The first kappa shape index (κ1) is 17.2. The van der Waals surface area contributed by atoms with E-state index in [1.54, 1.807) is 0 Å². The summed E-state index contributed by atoms with van der Waals surface area (Å²) in [6.07, 6.45) is -0.509. The molecule has 0 heterocycles. The summed E-state index contributed by atoms with van der Waals surface area (Å²) in [5, 5.41) is 0. The van der Waals surface area contributed by atoms with Crippen molar-refractivity contribution in [2.75, 3.05) is 0 Å². The summed E-state index contributed by atoms with van der Waals surface area (Å²) in [6.45, 7) is 0. The molecule has 0 aliphatic carbocycles. The van der Waals surface area contributed by atoms with Crippen molar-refractivity contribution in [2.45, 2.75) is 0 Å². The van der Waals surface area contributed by atoms with E-state index in [4.69, 9.17) is 0 Å². The second-order valence-electron chi connectivity index (χ2n) is 0.486. The van der Waals surface area contributed by atoms with Crippen molar-refractivity contribution in [1.82, 2.24) is 0 Å². The van der Waals surface area contributed by atoms with Crippen molar-refractivity contribution in [1.29, 1.82) is 0 Å². The van der Waals surface area contributed by atoms with Crippen LogP contribution in [0.25, 0.3) is 0 Å². The normalized spacial score (nSPS) is 5.25. The Labute approximate surface area is 121 Å². The predicted octanol–water partition coefficient (Wildman–Crippen LogP) is -3.06. The Morgan fingerprint density at radius 2 is 1.38 bits per heavy atom. The maximum absolute atomic E-state index is 9.82. The molecule has 0 bridgehead atoms. The first-order chi connectivity index (χ1) is 2.81. The molecule has 8 heavy (non-hydrogen) atoms. The Bertz CT molecular complexity index is 49.2. The molecule has 0 N–H and O–H groups in total. The molecule has 0 saturated carbocycles. The van der Waals surface area contributed by atoms with Gasteiger partial charge in [0.05, 0.1) is 0 Å². The third-order valence-electron chi connectivity index (χ3n) is 0.192. The van der Waals surface area contributed by atoms with Crippen LogP contribution in [-0.4, -0.2) is 113 Å². The SMILES string of the molecule is O=C([O][PbH])[O][PbH].[PbH2].[PbH2]. The molecule has 0 aromatic heterocycles. The molecule has 0 atom stereocenters. The Balaban J connectivity index is -0.000000125. The zero-order chi connectivity index (χ0) is 4.99. The van der Waals surface area contributed by atoms with Crippen LogP contribution in [-0.2, 0) is 5.37 Å². The summed E-state index contributed by atoms with van der Waals surface area (Å²) in [5.74, 6) is 0. The van der Waals surface area contributed by atoms with Crippen LogP contribution in [0.5, 0.6) is 0 Å². The van der Waals surface area contributed by atoms with Gasteiger partial charge in [-0.05, 0) is 0 Å². The van der Waals surface area contributed by atoms with E-state index in [-0.39, 0.29) is 107 Å². The topological polar surface area (TPSA) is 35.5 Å². The van der Waals surface area contributed by atoms with Crippen LogP contribution in [0.2, 0.25) is 0 Å². The summed E-state index contributed by atoms with van der Waals surface area (Å²) in [4.78, 5) is 9.82. The molecule has 0 aliphatic heterocycles. The molecule has 3 nitrogen and oxygen atoms in total. The van der Waals surface area contributed by atoms with E-state index in [2.05, 4.69) is 5.37 Å². The van der Waals surface area contributed by atoms with Crippen LogP contribution < -0.4 is 0 Å². The predicted molar refractivity (Wildman–Crippen MR) is 39.0 cm³/mol. The Hall–Kier alpha value is 2.96. The third-order valence-corrected chi connectivity index (χ3v) is 1.69. The van der Waals surface area contributed by atoms with E-state index in [0.29, 0.717) is 0 Å². The monoisotopic (exact) mass is 898 g/mol. The molecule has 44 valence electrons. The van der Waals surface area contributed by atoms with Crippen molar-refractivity contribution in [2.24, 2.45) is 0 Å². The number of carbonyl (C=O) groups is 1. The van der Waals surface area contributed by atoms with Crippen LogP contribution in [0, 0.1) is 0 Å². The molecule has 8 radical (unpaired) electrons. The van der Waals surface area contributed by atoms with Gasteiger partial charge in [0.15, 0.2) is 0 Å². The van der Waals surface area contributed by atoms with Crippen LogP contribution >= 0.6 is 0 Å². The van der Waals surface area contributed by atoms with E-state index >= 15 is 0 Å². The molecule has 0 aromatic carbocycles. The van der Waals surface area contributed by atoms with Gasteiger partial charge in [-0.25, -0.2) is 0 Å². The second-order valence-corrected chi connectivity index (χ2v) is 2.32. The fourth-order valence-electron chi connectivity index (χ4n) is 0.0278. The average Bonchev–Trinajstić information content (AvgIpc) is 1.65. The van der Waals surface area contributed by atoms with Crippen molar-refractivity contribution in [3.05, 3.63) is 0 Å².